The van der Waals surface area contributed by atoms with Crippen molar-refractivity contribution < 1.29 is 17.9 Å². The average Bonchev–Trinajstić information content (AvgIpc) is 3.18. The number of nitrogens with one attached hydrogen (secondary N) is 1. The second kappa shape index (κ2) is 10.9. The van der Waals surface area contributed by atoms with Crippen molar-refractivity contribution in [3.63, 3.8) is 0 Å². The number of amides is 1. The summed E-state index contributed by atoms with van der Waals surface area (Å²) in [5.74, 6) is 0.420. The summed E-state index contributed by atoms with van der Waals surface area (Å²) in [4.78, 5) is 25.9. The summed E-state index contributed by atoms with van der Waals surface area (Å²) in [6.07, 6.45) is 2.48. The summed E-state index contributed by atoms with van der Waals surface area (Å²) >= 11 is 1.35. The Morgan fingerprint density at radius 3 is 2.67 bits per heavy atom. The number of nitrogens with two attached hydrogens (primary N) is 1. The Bertz CT molecular complexity index is 1320. The molecule has 192 valence electrons. The van der Waals surface area contributed by atoms with Gasteiger partial charge in [0.15, 0.2) is 5.13 Å². The van der Waals surface area contributed by atoms with Crippen LogP contribution >= 0.6 is 11.3 Å². The van der Waals surface area contributed by atoms with Gasteiger partial charge in [-0.25, -0.2) is 18.5 Å². The van der Waals surface area contributed by atoms with Gasteiger partial charge in [-0.05, 0) is 64.2 Å². The number of hydrogen-bond acceptors (Lipinski definition) is 9. The first-order valence-corrected chi connectivity index (χ1v) is 14.0. The number of primary sulfonamides is 1. The molecular weight excluding hydrogens is 500 g/mol. The van der Waals surface area contributed by atoms with E-state index < -0.39 is 10.0 Å². The maximum atomic E-state index is 12.9. The molecular formula is C24H30N6O4S2. The minimum atomic E-state index is -3.88. The minimum absolute atomic E-state index is 0.0293. The molecule has 12 heteroatoms. The standard InChI is InChI=1S/C24H30N6O4S2/c1-16(2)34-22-8-6-18(36(25,32)33)13-20(22)27-24-28-21(15-35-24)17-5-7-19(26-14-17)23(31)30-10-4-9-29(3)11-12-30/h5-8,13-16H,4,9-12H2,1-3H3,(H,27,28)(H2,25,32,33). The second-order valence-corrected chi connectivity index (χ2v) is 11.3. The smallest absolute Gasteiger partial charge is 0.272 e. The van der Waals surface area contributed by atoms with Gasteiger partial charge in [-0.3, -0.25) is 9.78 Å². The molecule has 2 aromatic heterocycles. The molecule has 3 heterocycles. The van der Waals surface area contributed by atoms with E-state index in [1.807, 2.05) is 30.2 Å². The normalized spacial score (nSPS) is 15.1. The predicted molar refractivity (Wildman–Crippen MR) is 140 cm³/mol. The molecule has 0 spiro atoms. The molecule has 4 rings (SSSR count). The molecule has 1 aromatic carbocycles. The number of carbonyl (C=O) groups is 1. The first kappa shape index (κ1) is 26.0. The van der Waals surface area contributed by atoms with Gasteiger partial charge in [0.2, 0.25) is 10.0 Å². The number of hydrogen-bond donors (Lipinski definition) is 2. The molecule has 0 radical (unpaired) electrons. The van der Waals surface area contributed by atoms with Gasteiger partial charge in [-0.2, -0.15) is 0 Å². The SMILES string of the molecule is CC(C)Oc1ccc(S(N)(=O)=O)cc1Nc1nc(-c2ccc(C(=O)N3CCCN(C)CC3)nc2)cs1. The monoisotopic (exact) mass is 530 g/mol. The van der Waals surface area contributed by atoms with Crippen LogP contribution in [0.5, 0.6) is 5.75 Å². The lowest BCUT2D eigenvalue weighted by molar-refractivity contribution is 0.0757. The maximum absolute atomic E-state index is 12.9. The van der Waals surface area contributed by atoms with E-state index >= 15 is 0 Å². The zero-order valence-electron chi connectivity index (χ0n) is 20.5. The van der Waals surface area contributed by atoms with Crippen LogP contribution in [0.2, 0.25) is 0 Å². The first-order valence-electron chi connectivity index (χ1n) is 11.6. The number of thiazole rings is 1. The highest BCUT2D eigenvalue weighted by atomic mass is 32.2. The number of likely N-dealkylation sites (N-methyl/N-ethyl adjacent to an activating group) is 1. The summed E-state index contributed by atoms with van der Waals surface area (Å²) in [5, 5.41) is 10.8. The molecule has 1 fully saturated rings. The lowest BCUT2D eigenvalue weighted by atomic mass is 10.2. The van der Waals surface area contributed by atoms with Gasteiger partial charge in [0.1, 0.15) is 11.4 Å². The largest absolute Gasteiger partial charge is 0.489 e. The van der Waals surface area contributed by atoms with Crippen LogP contribution in [0.4, 0.5) is 10.8 Å². The van der Waals surface area contributed by atoms with Crippen molar-refractivity contribution in [2.45, 2.75) is 31.3 Å². The minimum Gasteiger partial charge on any atom is -0.489 e. The molecule has 1 aliphatic heterocycles. The summed E-state index contributed by atoms with van der Waals surface area (Å²) < 4.78 is 29.5. The Morgan fingerprint density at radius 2 is 1.97 bits per heavy atom. The Labute approximate surface area is 215 Å². The van der Waals surface area contributed by atoms with Crippen molar-refractivity contribution in [1.82, 2.24) is 19.8 Å². The Balaban J connectivity index is 1.51. The van der Waals surface area contributed by atoms with Crippen LogP contribution in [0.1, 0.15) is 30.8 Å². The Morgan fingerprint density at radius 1 is 1.17 bits per heavy atom. The van der Waals surface area contributed by atoms with E-state index in [0.29, 0.717) is 34.5 Å². The zero-order valence-corrected chi connectivity index (χ0v) is 22.1. The molecule has 0 unspecified atom stereocenters. The van der Waals surface area contributed by atoms with Gasteiger partial charge in [-0.15, -0.1) is 11.3 Å². The molecule has 1 saturated heterocycles. The number of nitrogens with zero attached hydrogens (tertiary/aromatic N) is 4. The van der Waals surface area contributed by atoms with Crippen molar-refractivity contribution in [2.24, 2.45) is 5.14 Å². The van der Waals surface area contributed by atoms with Crippen molar-refractivity contribution >= 4 is 38.1 Å². The van der Waals surface area contributed by atoms with E-state index in [1.54, 1.807) is 18.3 Å². The van der Waals surface area contributed by atoms with Crippen molar-refractivity contribution in [3.05, 3.63) is 47.6 Å². The highest BCUT2D eigenvalue weighted by Crippen LogP contribution is 2.33. The van der Waals surface area contributed by atoms with E-state index in [0.717, 1.165) is 31.6 Å². The lowest BCUT2D eigenvalue weighted by Gasteiger charge is -2.20. The third-order valence-corrected chi connectivity index (χ3v) is 7.34. The average molecular weight is 531 g/mol. The third-order valence-electron chi connectivity index (χ3n) is 5.67. The number of benzene rings is 1. The topological polar surface area (TPSA) is 131 Å². The second-order valence-electron chi connectivity index (χ2n) is 8.91. The first-order chi connectivity index (χ1) is 17.1. The van der Waals surface area contributed by atoms with E-state index in [1.165, 1.54) is 23.5 Å². The van der Waals surface area contributed by atoms with Crippen molar-refractivity contribution in [2.75, 3.05) is 38.5 Å². The number of aromatic nitrogens is 2. The summed E-state index contributed by atoms with van der Waals surface area (Å²) in [6.45, 7) is 7.01. The fourth-order valence-corrected chi connectivity index (χ4v) is 5.07. The van der Waals surface area contributed by atoms with Crippen LogP contribution in [0.25, 0.3) is 11.3 Å². The van der Waals surface area contributed by atoms with Gasteiger partial charge >= 0.3 is 0 Å². The maximum Gasteiger partial charge on any atom is 0.272 e. The fourth-order valence-electron chi connectivity index (χ4n) is 3.80. The number of anilines is 2. The van der Waals surface area contributed by atoms with Crippen LogP contribution in [-0.2, 0) is 10.0 Å². The molecule has 0 bridgehead atoms. The highest BCUT2D eigenvalue weighted by Gasteiger charge is 2.20. The van der Waals surface area contributed by atoms with E-state index in [9.17, 15) is 13.2 Å². The molecule has 36 heavy (non-hydrogen) atoms. The van der Waals surface area contributed by atoms with Crippen LogP contribution < -0.4 is 15.2 Å². The van der Waals surface area contributed by atoms with Crippen LogP contribution in [0.15, 0.2) is 46.8 Å². The van der Waals surface area contributed by atoms with Crippen molar-refractivity contribution in [1.29, 1.82) is 0 Å². The Kier molecular flexibility index (Phi) is 7.88. The number of carbonyl (C=O) groups excluding carboxylic acids is 1. The van der Waals surface area contributed by atoms with Crippen LogP contribution in [0.3, 0.4) is 0 Å². The molecule has 10 nitrogen and oxygen atoms in total. The fraction of sp³-hybridized carbons (Fsp3) is 0.375. The summed E-state index contributed by atoms with van der Waals surface area (Å²) in [6, 6.07) is 7.96. The van der Waals surface area contributed by atoms with E-state index in [-0.39, 0.29) is 16.9 Å². The predicted octanol–water partition coefficient (Wildman–Crippen LogP) is 3.16. The number of sulfonamides is 1. The molecule has 1 amide bonds. The summed E-state index contributed by atoms with van der Waals surface area (Å²) in [5.41, 5.74) is 2.30. The van der Waals surface area contributed by atoms with Crippen LogP contribution in [0, 0.1) is 0 Å². The number of pyridine rings is 1. The number of rotatable bonds is 7. The van der Waals surface area contributed by atoms with Gasteiger partial charge < -0.3 is 19.9 Å². The molecule has 0 aliphatic carbocycles. The molecule has 3 N–H and O–H groups in total. The van der Waals surface area contributed by atoms with Crippen molar-refractivity contribution in [3.8, 4) is 17.0 Å². The quantitative estimate of drug-likeness (QED) is 0.476. The van der Waals surface area contributed by atoms with Gasteiger partial charge in [-0.1, -0.05) is 0 Å². The summed E-state index contributed by atoms with van der Waals surface area (Å²) in [7, 11) is -1.82. The molecule has 1 aliphatic rings. The van der Waals surface area contributed by atoms with Crippen LogP contribution in [-0.4, -0.2) is 73.4 Å². The van der Waals surface area contributed by atoms with Gasteiger partial charge in [0.05, 0.1) is 22.4 Å². The lowest BCUT2D eigenvalue weighted by Crippen LogP contribution is -2.34. The third kappa shape index (κ3) is 6.38. The van der Waals surface area contributed by atoms with Gasteiger partial charge in [0.25, 0.3) is 5.91 Å². The molecule has 3 aromatic rings. The zero-order chi connectivity index (χ0) is 25.9. The van der Waals surface area contributed by atoms with Gasteiger partial charge in [0, 0.05) is 36.8 Å². The van der Waals surface area contributed by atoms with E-state index in [2.05, 4.69) is 27.2 Å². The number of ether oxygens (including phenoxy) is 1. The Hall–Kier alpha value is -3.06. The molecule has 0 saturated carbocycles. The highest BCUT2D eigenvalue weighted by molar-refractivity contribution is 7.89. The molecule has 0 atom stereocenters. The van der Waals surface area contributed by atoms with E-state index in [4.69, 9.17) is 9.88 Å².